The molecule has 3 aromatic rings. The van der Waals surface area contributed by atoms with Gasteiger partial charge in [0, 0.05) is 23.7 Å². The maximum Gasteiger partial charge on any atom is 0.286 e. The van der Waals surface area contributed by atoms with Gasteiger partial charge < -0.3 is 10.6 Å². The molecule has 0 bridgehead atoms. The van der Waals surface area contributed by atoms with Gasteiger partial charge in [0.15, 0.2) is 0 Å². The Labute approximate surface area is 167 Å². The third kappa shape index (κ3) is 4.43. The Morgan fingerprint density at radius 3 is 2.61 bits per heavy atom. The number of benzene rings is 2. The summed E-state index contributed by atoms with van der Waals surface area (Å²) >= 11 is 1.33. The molecule has 0 atom stereocenters. The van der Waals surface area contributed by atoms with Gasteiger partial charge in [-0.05, 0) is 43.5 Å². The topological polar surface area (TPSA) is 84.0 Å². The van der Waals surface area contributed by atoms with E-state index in [4.69, 9.17) is 0 Å². The lowest BCUT2D eigenvalue weighted by molar-refractivity contribution is 0.0949. The molecule has 6 nitrogen and oxygen atoms in total. The zero-order chi connectivity index (χ0) is 19.5. The van der Waals surface area contributed by atoms with Gasteiger partial charge in [-0.25, -0.2) is 0 Å². The summed E-state index contributed by atoms with van der Waals surface area (Å²) in [6, 6.07) is 14.9. The fraction of sp³-hybridized carbons (Fsp3) is 0.238. The molecule has 1 aliphatic carbocycles. The molecule has 0 saturated heterocycles. The smallest absolute Gasteiger partial charge is 0.286 e. The minimum absolute atomic E-state index is 0.191. The van der Waals surface area contributed by atoms with E-state index in [1.54, 1.807) is 24.3 Å². The van der Waals surface area contributed by atoms with Gasteiger partial charge in [-0.2, -0.15) is 0 Å². The van der Waals surface area contributed by atoms with E-state index in [0.29, 0.717) is 28.7 Å². The van der Waals surface area contributed by atoms with Crippen LogP contribution in [0.25, 0.3) is 0 Å². The van der Waals surface area contributed by atoms with Gasteiger partial charge in [0.25, 0.3) is 11.8 Å². The van der Waals surface area contributed by atoms with Crippen LogP contribution in [0.2, 0.25) is 0 Å². The number of amides is 2. The van der Waals surface area contributed by atoms with Gasteiger partial charge in [0.05, 0.1) is 0 Å². The molecule has 2 aromatic carbocycles. The molecule has 0 radical (unpaired) electrons. The lowest BCUT2D eigenvalue weighted by atomic mass is 10.1. The van der Waals surface area contributed by atoms with E-state index in [1.807, 2.05) is 31.2 Å². The number of aryl methyl sites for hydroxylation is 1. The predicted molar refractivity (Wildman–Crippen MR) is 109 cm³/mol. The van der Waals surface area contributed by atoms with Gasteiger partial charge in [-0.15, -0.1) is 10.2 Å². The van der Waals surface area contributed by atoms with Gasteiger partial charge in [0.2, 0.25) is 5.01 Å². The first-order valence-corrected chi connectivity index (χ1v) is 9.99. The van der Waals surface area contributed by atoms with E-state index in [2.05, 4.69) is 20.8 Å². The first-order valence-electron chi connectivity index (χ1n) is 9.17. The van der Waals surface area contributed by atoms with Gasteiger partial charge in [-0.3, -0.25) is 9.59 Å². The van der Waals surface area contributed by atoms with E-state index in [-0.39, 0.29) is 11.8 Å². The number of rotatable bonds is 6. The molecule has 7 heteroatoms. The fourth-order valence-corrected chi connectivity index (χ4v) is 3.64. The highest BCUT2D eigenvalue weighted by molar-refractivity contribution is 7.13. The largest absolute Gasteiger partial charge is 0.348 e. The molecule has 28 heavy (non-hydrogen) atoms. The molecule has 1 saturated carbocycles. The summed E-state index contributed by atoms with van der Waals surface area (Å²) < 4.78 is 0. The van der Waals surface area contributed by atoms with Crippen molar-refractivity contribution < 1.29 is 9.59 Å². The van der Waals surface area contributed by atoms with E-state index in [0.717, 1.165) is 23.4 Å². The summed E-state index contributed by atoms with van der Waals surface area (Å²) in [5.41, 5.74) is 3.25. The first-order chi connectivity index (χ1) is 13.6. The monoisotopic (exact) mass is 392 g/mol. The quantitative estimate of drug-likeness (QED) is 0.666. The normalized spacial score (nSPS) is 13.2. The van der Waals surface area contributed by atoms with Crippen LogP contribution in [0.1, 0.15) is 55.1 Å². The van der Waals surface area contributed by atoms with Crippen LogP contribution < -0.4 is 10.6 Å². The Hall–Kier alpha value is -3.06. The number of carbonyl (C=O) groups is 2. The second-order valence-corrected chi connectivity index (χ2v) is 7.93. The van der Waals surface area contributed by atoms with E-state index >= 15 is 0 Å². The van der Waals surface area contributed by atoms with E-state index in [9.17, 15) is 9.59 Å². The van der Waals surface area contributed by atoms with Crippen LogP contribution in [-0.2, 0) is 6.54 Å². The Balaban J connectivity index is 1.38. The summed E-state index contributed by atoms with van der Waals surface area (Å²) in [7, 11) is 0. The van der Waals surface area contributed by atoms with Crippen LogP contribution in [0.5, 0.6) is 0 Å². The third-order valence-electron chi connectivity index (χ3n) is 4.52. The minimum atomic E-state index is -0.304. The van der Waals surface area contributed by atoms with Crippen molar-refractivity contribution in [2.75, 3.05) is 5.32 Å². The Morgan fingerprint density at radius 1 is 1.07 bits per heavy atom. The molecular formula is C21H20N4O2S. The van der Waals surface area contributed by atoms with Gasteiger partial charge in [-0.1, -0.05) is 47.2 Å². The van der Waals surface area contributed by atoms with E-state index < -0.39 is 0 Å². The number of anilines is 1. The van der Waals surface area contributed by atoms with Crippen molar-refractivity contribution in [3.05, 3.63) is 75.2 Å². The van der Waals surface area contributed by atoms with Crippen LogP contribution in [0.4, 0.5) is 5.69 Å². The number of nitrogens with zero attached hydrogens (tertiary/aromatic N) is 2. The summed E-state index contributed by atoms with van der Waals surface area (Å²) in [5.74, 6) is -0.0233. The Kier molecular flexibility index (Phi) is 5.16. The van der Waals surface area contributed by atoms with Crippen molar-refractivity contribution >= 4 is 28.8 Å². The van der Waals surface area contributed by atoms with Crippen molar-refractivity contribution in [2.24, 2.45) is 0 Å². The highest BCUT2D eigenvalue weighted by Crippen LogP contribution is 2.41. The van der Waals surface area contributed by atoms with Crippen LogP contribution in [-0.4, -0.2) is 22.0 Å². The molecule has 2 amide bonds. The highest BCUT2D eigenvalue weighted by atomic mass is 32.1. The molecule has 1 aliphatic rings. The van der Waals surface area contributed by atoms with Gasteiger partial charge >= 0.3 is 0 Å². The maximum atomic E-state index is 12.4. The lowest BCUT2D eigenvalue weighted by Crippen LogP contribution is -2.23. The summed E-state index contributed by atoms with van der Waals surface area (Å²) in [6.07, 6.45) is 2.24. The summed E-state index contributed by atoms with van der Waals surface area (Å²) in [5, 5.41) is 15.0. The number of hydrogen-bond donors (Lipinski definition) is 2. The molecule has 142 valence electrons. The molecular weight excluding hydrogens is 372 g/mol. The standard InChI is InChI=1S/C21H20N4O2S/c1-13-5-7-14(8-6-13)12-22-18(26)16-3-2-4-17(11-16)23-19(27)21-25-24-20(28-21)15-9-10-15/h2-8,11,15H,9-10,12H2,1H3,(H,22,26)(H,23,27). The average molecular weight is 392 g/mol. The van der Waals surface area contributed by atoms with Crippen molar-refractivity contribution in [3.8, 4) is 0 Å². The van der Waals surface area contributed by atoms with Crippen LogP contribution in [0.15, 0.2) is 48.5 Å². The number of aromatic nitrogens is 2. The van der Waals surface area contributed by atoms with Crippen LogP contribution in [0.3, 0.4) is 0 Å². The summed E-state index contributed by atoms with van der Waals surface area (Å²) in [4.78, 5) is 24.8. The Morgan fingerprint density at radius 2 is 1.86 bits per heavy atom. The van der Waals surface area contributed by atoms with E-state index in [1.165, 1.54) is 16.9 Å². The second-order valence-electron chi connectivity index (χ2n) is 6.92. The van der Waals surface area contributed by atoms with Crippen molar-refractivity contribution in [2.45, 2.75) is 32.2 Å². The van der Waals surface area contributed by atoms with Crippen molar-refractivity contribution in [1.29, 1.82) is 0 Å². The molecule has 1 aromatic heterocycles. The second kappa shape index (κ2) is 7.90. The average Bonchev–Trinajstić information content (AvgIpc) is 3.44. The van der Waals surface area contributed by atoms with Crippen LogP contribution in [0, 0.1) is 6.92 Å². The molecule has 2 N–H and O–H groups in total. The zero-order valence-electron chi connectivity index (χ0n) is 15.4. The van der Waals surface area contributed by atoms with Gasteiger partial charge in [0.1, 0.15) is 5.01 Å². The Bertz CT molecular complexity index is 1010. The lowest BCUT2D eigenvalue weighted by Gasteiger charge is -2.08. The molecule has 0 unspecified atom stereocenters. The fourth-order valence-electron chi connectivity index (χ4n) is 2.73. The number of nitrogens with one attached hydrogen (secondary N) is 2. The van der Waals surface area contributed by atoms with Crippen molar-refractivity contribution in [1.82, 2.24) is 15.5 Å². The first kappa shape index (κ1) is 18.3. The third-order valence-corrected chi connectivity index (χ3v) is 5.60. The molecule has 1 heterocycles. The number of carbonyl (C=O) groups excluding carboxylic acids is 2. The molecule has 0 aliphatic heterocycles. The summed E-state index contributed by atoms with van der Waals surface area (Å²) in [6.45, 7) is 2.47. The minimum Gasteiger partial charge on any atom is -0.348 e. The molecule has 1 fully saturated rings. The number of hydrogen-bond acceptors (Lipinski definition) is 5. The molecule has 4 rings (SSSR count). The van der Waals surface area contributed by atoms with Crippen LogP contribution >= 0.6 is 11.3 Å². The maximum absolute atomic E-state index is 12.4. The molecule has 0 spiro atoms. The van der Waals surface area contributed by atoms with Crippen molar-refractivity contribution in [3.63, 3.8) is 0 Å². The highest BCUT2D eigenvalue weighted by Gasteiger charge is 2.28. The zero-order valence-corrected chi connectivity index (χ0v) is 16.3. The SMILES string of the molecule is Cc1ccc(CNC(=O)c2cccc(NC(=O)c3nnc(C4CC4)s3)c2)cc1. The predicted octanol–water partition coefficient (Wildman–Crippen LogP) is 3.91.